The number of esters is 2. The lowest BCUT2D eigenvalue weighted by molar-refractivity contribution is -0.163. The minimum absolute atomic E-state index is 0.234. The monoisotopic (exact) mass is 270 g/mol. The fourth-order valence-electron chi connectivity index (χ4n) is 1.70. The number of carbonyl (C=O) groups is 2. The Morgan fingerprint density at radius 2 is 1.72 bits per heavy atom. The van der Waals surface area contributed by atoms with Crippen LogP contribution in [0.5, 0.6) is 0 Å². The molecule has 0 spiro atoms. The van der Waals surface area contributed by atoms with E-state index in [4.69, 9.17) is 9.47 Å². The highest BCUT2D eigenvalue weighted by Crippen LogP contribution is 2.34. The van der Waals surface area contributed by atoms with Crippen LogP contribution in [0.4, 0.5) is 0 Å². The van der Waals surface area contributed by atoms with Crippen LogP contribution in [-0.2, 0) is 24.5 Å². The van der Waals surface area contributed by atoms with Crippen molar-refractivity contribution in [2.45, 2.75) is 33.1 Å². The van der Waals surface area contributed by atoms with Crippen molar-refractivity contribution in [1.29, 1.82) is 0 Å². The van der Waals surface area contributed by atoms with Crippen LogP contribution in [0, 0.1) is 6.92 Å². The zero-order chi connectivity index (χ0) is 13.8. The average molecular weight is 270 g/mol. The Hall–Kier alpha value is -1.36. The van der Waals surface area contributed by atoms with Crippen LogP contribution < -0.4 is 0 Å². The first kappa shape index (κ1) is 14.7. The van der Waals surface area contributed by atoms with E-state index in [1.54, 1.807) is 20.8 Å². The normalized spacial score (nSPS) is 11.1. The topological polar surface area (TPSA) is 52.6 Å². The average Bonchev–Trinajstić information content (AvgIpc) is 2.75. The molecule has 0 aliphatic rings. The lowest BCUT2D eigenvalue weighted by atomic mass is 9.87. The second-order valence-corrected chi connectivity index (χ2v) is 4.91. The van der Waals surface area contributed by atoms with Gasteiger partial charge >= 0.3 is 11.9 Å². The molecule has 0 unspecified atom stereocenters. The van der Waals surface area contributed by atoms with Gasteiger partial charge in [0.15, 0.2) is 5.41 Å². The van der Waals surface area contributed by atoms with Crippen molar-refractivity contribution in [3.05, 3.63) is 21.9 Å². The van der Waals surface area contributed by atoms with Gasteiger partial charge in [-0.05, 0) is 44.7 Å². The molecule has 1 aromatic rings. The molecule has 0 aromatic carbocycles. The number of hydrogen-bond donors (Lipinski definition) is 0. The molecule has 0 saturated heterocycles. The SMILES string of the molecule is CCOC(=O)C(C)(C(=O)OCC)c1sccc1C. The summed E-state index contributed by atoms with van der Waals surface area (Å²) in [6, 6.07) is 1.87. The summed E-state index contributed by atoms with van der Waals surface area (Å²) in [6.45, 7) is 7.32. The molecule has 0 saturated carbocycles. The van der Waals surface area contributed by atoms with E-state index in [2.05, 4.69) is 0 Å². The minimum atomic E-state index is -1.37. The molecule has 0 aliphatic heterocycles. The van der Waals surface area contributed by atoms with Crippen LogP contribution >= 0.6 is 11.3 Å². The summed E-state index contributed by atoms with van der Waals surface area (Å²) < 4.78 is 10.0. The second-order valence-electron chi connectivity index (χ2n) is 4.00. The lowest BCUT2D eigenvalue weighted by Crippen LogP contribution is -2.43. The molecule has 4 nitrogen and oxygen atoms in total. The van der Waals surface area contributed by atoms with Crippen molar-refractivity contribution in [3.8, 4) is 0 Å². The van der Waals surface area contributed by atoms with E-state index < -0.39 is 17.4 Å². The van der Waals surface area contributed by atoms with Crippen LogP contribution in [0.2, 0.25) is 0 Å². The smallest absolute Gasteiger partial charge is 0.328 e. The third-order valence-electron chi connectivity index (χ3n) is 2.68. The number of thiophene rings is 1. The standard InChI is InChI=1S/C13H18O4S/c1-5-16-11(14)13(4,12(15)17-6-2)10-9(3)7-8-18-10/h7-8H,5-6H2,1-4H3. The van der Waals surface area contributed by atoms with Gasteiger partial charge < -0.3 is 9.47 Å². The molecule has 0 fully saturated rings. The van der Waals surface area contributed by atoms with Crippen LogP contribution in [0.15, 0.2) is 11.4 Å². The zero-order valence-corrected chi connectivity index (χ0v) is 11.9. The molecule has 0 amide bonds. The molecule has 0 N–H and O–H groups in total. The summed E-state index contributed by atoms with van der Waals surface area (Å²) in [7, 11) is 0. The van der Waals surface area contributed by atoms with Gasteiger partial charge in [0, 0.05) is 4.88 Å². The Bertz CT molecular complexity index is 418. The minimum Gasteiger partial charge on any atom is -0.465 e. The molecule has 18 heavy (non-hydrogen) atoms. The van der Waals surface area contributed by atoms with Gasteiger partial charge in [0.05, 0.1) is 13.2 Å². The molecule has 100 valence electrons. The zero-order valence-electron chi connectivity index (χ0n) is 11.1. The molecule has 0 radical (unpaired) electrons. The number of aryl methyl sites for hydroxylation is 1. The molecule has 0 atom stereocenters. The van der Waals surface area contributed by atoms with Gasteiger partial charge in [-0.25, -0.2) is 0 Å². The van der Waals surface area contributed by atoms with Crippen LogP contribution in [-0.4, -0.2) is 25.2 Å². The third kappa shape index (κ3) is 2.56. The predicted octanol–water partition coefficient (Wildman–Crippen LogP) is 2.44. The summed E-state index contributed by atoms with van der Waals surface area (Å²) in [5.41, 5.74) is -0.479. The quantitative estimate of drug-likeness (QED) is 0.609. The predicted molar refractivity (Wildman–Crippen MR) is 69.7 cm³/mol. The van der Waals surface area contributed by atoms with Gasteiger partial charge in [-0.15, -0.1) is 11.3 Å². The maximum Gasteiger partial charge on any atom is 0.328 e. The molecular weight excluding hydrogens is 252 g/mol. The molecule has 0 aliphatic carbocycles. The largest absolute Gasteiger partial charge is 0.465 e. The highest BCUT2D eigenvalue weighted by molar-refractivity contribution is 7.10. The molecule has 1 heterocycles. The number of carbonyl (C=O) groups excluding carboxylic acids is 2. The van der Waals surface area contributed by atoms with Crippen LogP contribution in [0.25, 0.3) is 0 Å². The first-order chi connectivity index (χ1) is 8.48. The van der Waals surface area contributed by atoms with Crippen molar-refractivity contribution in [2.24, 2.45) is 0 Å². The Morgan fingerprint density at radius 3 is 2.06 bits per heavy atom. The van der Waals surface area contributed by atoms with E-state index in [9.17, 15) is 9.59 Å². The van der Waals surface area contributed by atoms with Crippen LogP contribution in [0.1, 0.15) is 31.2 Å². The van der Waals surface area contributed by atoms with Gasteiger partial charge in [-0.3, -0.25) is 9.59 Å². The summed E-state index contributed by atoms with van der Waals surface area (Å²) in [4.78, 5) is 24.9. The Kier molecular flexibility index (Phi) is 4.90. The molecule has 1 aromatic heterocycles. The number of rotatable bonds is 5. The Labute approximate surface area is 111 Å². The highest BCUT2D eigenvalue weighted by atomic mass is 32.1. The molecule has 5 heteroatoms. The Morgan fingerprint density at radius 1 is 1.22 bits per heavy atom. The summed E-state index contributed by atoms with van der Waals surface area (Å²) in [5, 5.41) is 1.85. The van der Waals surface area contributed by atoms with E-state index in [0.717, 1.165) is 5.56 Å². The summed E-state index contributed by atoms with van der Waals surface area (Å²) in [5.74, 6) is -1.12. The fourth-order valence-corrected chi connectivity index (χ4v) is 2.77. The summed E-state index contributed by atoms with van der Waals surface area (Å²) >= 11 is 1.36. The van der Waals surface area contributed by atoms with Crippen molar-refractivity contribution in [1.82, 2.24) is 0 Å². The Balaban J connectivity index is 3.21. The van der Waals surface area contributed by atoms with Gasteiger partial charge in [0.2, 0.25) is 0 Å². The van der Waals surface area contributed by atoms with E-state index in [1.807, 2.05) is 18.4 Å². The second kappa shape index (κ2) is 6.00. The maximum atomic E-state index is 12.1. The van der Waals surface area contributed by atoms with Gasteiger partial charge in [0.1, 0.15) is 0 Å². The van der Waals surface area contributed by atoms with Crippen molar-refractivity contribution in [3.63, 3.8) is 0 Å². The van der Waals surface area contributed by atoms with Gasteiger partial charge in [-0.1, -0.05) is 0 Å². The fraction of sp³-hybridized carbons (Fsp3) is 0.538. The lowest BCUT2D eigenvalue weighted by Gasteiger charge is -2.24. The first-order valence-corrected chi connectivity index (χ1v) is 6.75. The van der Waals surface area contributed by atoms with Crippen molar-refractivity contribution < 1.29 is 19.1 Å². The first-order valence-electron chi connectivity index (χ1n) is 5.87. The van der Waals surface area contributed by atoms with E-state index in [0.29, 0.717) is 4.88 Å². The summed E-state index contributed by atoms with van der Waals surface area (Å²) in [6.07, 6.45) is 0. The molecular formula is C13H18O4S. The van der Waals surface area contributed by atoms with Gasteiger partial charge in [0.25, 0.3) is 0 Å². The van der Waals surface area contributed by atoms with Crippen LogP contribution in [0.3, 0.4) is 0 Å². The van der Waals surface area contributed by atoms with Gasteiger partial charge in [-0.2, -0.15) is 0 Å². The molecule has 0 bridgehead atoms. The number of hydrogen-bond acceptors (Lipinski definition) is 5. The number of ether oxygens (including phenoxy) is 2. The van der Waals surface area contributed by atoms with E-state index >= 15 is 0 Å². The third-order valence-corrected chi connectivity index (χ3v) is 3.92. The van der Waals surface area contributed by atoms with Crippen molar-refractivity contribution in [2.75, 3.05) is 13.2 Å². The van der Waals surface area contributed by atoms with E-state index in [-0.39, 0.29) is 13.2 Å². The van der Waals surface area contributed by atoms with Crippen molar-refractivity contribution >= 4 is 23.3 Å². The maximum absolute atomic E-state index is 12.1. The van der Waals surface area contributed by atoms with E-state index in [1.165, 1.54) is 11.3 Å². The molecule has 1 rings (SSSR count). The highest BCUT2D eigenvalue weighted by Gasteiger charge is 2.47.